The third kappa shape index (κ3) is 24.5. The number of hydrogen-bond acceptors (Lipinski definition) is 0. The van der Waals surface area contributed by atoms with Crippen LogP contribution in [0.5, 0.6) is 0 Å². The summed E-state index contributed by atoms with van der Waals surface area (Å²) in [6, 6.07) is 0. The van der Waals surface area contributed by atoms with Crippen molar-refractivity contribution in [3.63, 3.8) is 0 Å². The molecule has 170 valence electrons. The summed E-state index contributed by atoms with van der Waals surface area (Å²) in [5.41, 5.74) is 0. The van der Waals surface area contributed by atoms with Crippen LogP contribution in [0.1, 0.15) is 168 Å². The van der Waals surface area contributed by atoms with E-state index in [1.54, 1.807) is 0 Å². The molecule has 0 fully saturated rings. The van der Waals surface area contributed by atoms with Crippen molar-refractivity contribution in [2.75, 3.05) is 0 Å². The summed E-state index contributed by atoms with van der Waals surface area (Å²) in [5, 5.41) is 0. The third-order valence-electron chi connectivity index (χ3n) is 6.24. The lowest BCUT2D eigenvalue weighted by atomic mass is 10.0. The molecule has 1 heteroatoms. The van der Waals surface area contributed by atoms with Crippen LogP contribution in [0.25, 0.3) is 0 Å². The molecule has 0 aromatic rings. The van der Waals surface area contributed by atoms with E-state index in [1.165, 1.54) is 154 Å². The molecule has 0 aliphatic heterocycles. The first kappa shape index (κ1) is 28.5. The molecular formula is C27H55Br. The predicted octanol–water partition coefficient (Wildman–Crippen LogP) is 11.2. The smallest absolute Gasteiger partial charge is 0.0145 e. The zero-order chi connectivity index (χ0) is 20.5. The zero-order valence-corrected chi connectivity index (χ0v) is 21.5. The molecule has 0 bridgehead atoms. The second-order valence-electron chi connectivity index (χ2n) is 9.25. The number of unbranched alkanes of at least 4 members (excludes halogenated alkanes) is 20. The van der Waals surface area contributed by atoms with Crippen molar-refractivity contribution >= 4 is 15.9 Å². The van der Waals surface area contributed by atoms with Crippen LogP contribution in [0.15, 0.2) is 0 Å². The first-order chi connectivity index (χ1) is 13.8. The fraction of sp³-hybridized carbons (Fsp3) is 1.00. The molecule has 0 N–H and O–H groups in total. The van der Waals surface area contributed by atoms with Gasteiger partial charge in [0.05, 0.1) is 0 Å². The summed E-state index contributed by atoms with van der Waals surface area (Å²) < 4.78 is 0. The van der Waals surface area contributed by atoms with Crippen LogP contribution >= 0.6 is 15.9 Å². The van der Waals surface area contributed by atoms with E-state index in [4.69, 9.17) is 0 Å². The van der Waals surface area contributed by atoms with Gasteiger partial charge in [-0.3, -0.25) is 0 Å². The Labute approximate surface area is 188 Å². The van der Waals surface area contributed by atoms with Crippen molar-refractivity contribution in [2.24, 2.45) is 0 Å². The van der Waals surface area contributed by atoms with Gasteiger partial charge in [-0.1, -0.05) is 171 Å². The number of alkyl halides is 1. The number of hydrogen-bond donors (Lipinski definition) is 0. The Morgan fingerprint density at radius 2 is 0.571 bits per heavy atom. The molecule has 0 saturated carbocycles. The molecular weight excluding hydrogens is 404 g/mol. The van der Waals surface area contributed by atoms with E-state index in [1.807, 2.05) is 0 Å². The molecule has 0 atom stereocenters. The second-order valence-corrected chi connectivity index (χ2v) is 10.5. The van der Waals surface area contributed by atoms with E-state index in [0.29, 0.717) is 0 Å². The van der Waals surface area contributed by atoms with Gasteiger partial charge in [-0.25, -0.2) is 0 Å². The molecule has 0 aromatic heterocycles. The average Bonchev–Trinajstić information content (AvgIpc) is 2.70. The molecule has 0 spiro atoms. The summed E-state index contributed by atoms with van der Waals surface area (Å²) in [6.07, 6.45) is 34.8. The van der Waals surface area contributed by atoms with E-state index >= 15 is 0 Å². The third-order valence-corrected chi connectivity index (χ3v) is 7.16. The van der Waals surface area contributed by atoms with Gasteiger partial charge in [0.1, 0.15) is 0 Å². The highest BCUT2D eigenvalue weighted by Crippen LogP contribution is 2.20. The van der Waals surface area contributed by atoms with E-state index < -0.39 is 0 Å². The fourth-order valence-corrected chi connectivity index (χ4v) is 4.85. The highest BCUT2D eigenvalue weighted by Gasteiger charge is 2.04. The van der Waals surface area contributed by atoms with Gasteiger partial charge >= 0.3 is 0 Å². The lowest BCUT2D eigenvalue weighted by Gasteiger charge is -2.09. The summed E-state index contributed by atoms with van der Waals surface area (Å²) >= 11 is 3.93. The summed E-state index contributed by atoms with van der Waals surface area (Å²) in [4.78, 5) is 0.782. The van der Waals surface area contributed by atoms with E-state index in [2.05, 4.69) is 29.8 Å². The van der Waals surface area contributed by atoms with Crippen LogP contribution in [0, 0.1) is 0 Å². The number of rotatable bonds is 24. The molecule has 0 aromatic carbocycles. The van der Waals surface area contributed by atoms with Gasteiger partial charge in [-0.2, -0.15) is 0 Å². The Bertz CT molecular complexity index is 237. The van der Waals surface area contributed by atoms with E-state index in [0.717, 1.165) is 4.83 Å². The molecule has 28 heavy (non-hydrogen) atoms. The van der Waals surface area contributed by atoms with Crippen LogP contribution in [-0.4, -0.2) is 4.83 Å². The van der Waals surface area contributed by atoms with Crippen LogP contribution in [-0.2, 0) is 0 Å². The average molecular weight is 460 g/mol. The highest BCUT2D eigenvalue weighted by molar-refractivity contribution is 9.09. The zero-order valence-electron chi connectivity index (χ0n) is 19.9. The van der Waals surface area contributed by atoms with Gasteiger partial charge in [-0.15, -0.1) is 0 Å². The maximum absolute atomic E-state index is 3.93. The van der Waals surface area contributed by atoms with Gasteiger partial charge < -0.3 is 0 Å². The molecule has 0 heterocycles. The van der Waals surface area contributed by atoms with Gasteiger partial charge in [0, 0.05) is 4.83 Å². The van der Waals surface area contributed by atoms with Gasteiger partial charge in [0.25, 0.3) is 0 Å². The quantitative estimate of drug-likeness (QED) is 0.0994. The van der Waals surface area contributed by atoms with Crippen molar-refractivity contribution in [1.82, 2.24) is 0 Å². The van der Waals surface area contributed by atoms with Crippen LogP contribution in [0.2, 0.25) is 0 Å². The first-order valence-corrected chi connectivity index (χ1v) is 14.4. The molecule has 0 amide bonds. The lowest BCUT2D eigenvalue weighted by Crippen LogP contribution is -1.97. The van der Waals surface area contributed by atoms with Crippen molar-refractivity contribution in [3.05, 3.63) is 0 Å². The van der Waals surface area contributed by atoms with Gasteiger partial charge in [0.15, 0.2) is 0 Å². The molecule has 0 aliphatic carbocycles. The molecule has 0 nitrogen and oxygen atoms in total. The molecule has 0 saturated heterocycles. The Hall–Kier alpha value is 0.480. The van der Waals surface area contributed by atoms with Crippen molar-refractivity contribution < 1.29 is 0 Å². The Balaban J connectivity index is 3.12. The lowest BCUT2D eigenvalue weighted by molar-refractivity contribution is 0.523. The summed E-state index contributed by atoms with van der Waals surface area (Å²) in [7, 11) is 0. The van der Waals surface area contributed by atoms with Crippen LogP contribution in [0.3, 0.4) is 0 Å². The summed E-state index contributed by atoms with van der Waals surface area (Å²) in [6.45, 7) is 4.60. The minimum Gasteiger partial charge on any atom is -0.0891 e. The maximum atomic E-state index is 3.93. The van der Waals surface area contributed by atoms with Crippen molar-refractivity contribution in [2.45, 2.75) is 173 Å². The monoisotopic (exact) mass is 458 g/mol. The van der Waals surface area contributed by atoms with E-state index in [-0.39, 0.29) is 0 Å². The molecule has 0 radical (unpaired) electrons. The number of halogens is 1. The van der Waals surface area contributed by atoms with Gasteiger partial charge in [-0.05, 0) is 12.8 Å². The standard InChI is InChI=1S/C27H55Br/c1-3-5-7-9-11-13-15-17-19-21-23-25-27(28)26-24-22-20-18-16-14-12-10-8-6-4-2/h27H,3-26H2,1-2H3. The highest BCUT2D eigenvalue weighted by atomic mass is 79.9. The maximum Gasteiger partial charge on any atom is 0.0145 e. The normalized spacial score (nSPS) is 11.6. The van der Waals surface area contributed by atoms with Crippen molar-refractivity contribution in [3.8, 4) is 0 Å². The SMILES string of the molecule is CCCCCCCCCCCCCC(Br)CCCCCCCCCCCCC. The van der Waals surface area contributed by atoms with Gasteiger partial charge in [0.2, 0.25) is 0 Å². The van der Waals surface area contributed by atoms with Crippen LogP contribution < -0.4 is 0 Å². The van der Waals surface area contributed by atoms with Crippen LogP contribution in [0.4, 0.5) is 0 Å². The Morgan fingerprint density at radius 3 is 0.821 bits per heavy atom. The Morgan fingerprint density at radius 1 is 0.357 bits per heavy atom. The largest absolute Gasteiger partial charge is 0.0891 e. The predicted molar refractivity (Wildman–Crippen MR) is 135 cm³/mol. The molecule has 0 unspecified atom stereocenters. The van der Waals surface area contributed by atoms with Crippen molar-refractivity contribution in [1.29, 1.82) is 0 Å². The molecule has 0 rings (SSSR count). The molecule has 0 aliphatic rings. The fourth-order valence-electron chi connectivity index (χ4n) is 4.20. The Kier molecular flexibility index (Phi) is 26.0. The minimum atomic E-state index is 0.782. The van der Waals surface area contributed by atoms with E-state index in [9.17, 15) is 0 Å². The first-order valence-electron chi connectivity index (χ1n) is 13.4. The minimum absolute atomic E-state index is 0.782. The summed E-state index contributed by atoms with van der Waals surface area (Å²) in [5.74, 6) is 0. The topological polar surface area (TPSA) is 0 Å². The second kappa shape index (κ2) is 25.5.